The molecule has 2 saturated heterocycles. The molecule has 8 nitrogen and oxygen atoms in total. The van der Waals surface area contributed by atoms with Gasteiger partial charge in [0.05, 0.1) is 11.0 Å². The van der Waals surface area contributed by atoms with Crippen molar-refractivity contribution in [1.82, 2.24) is 19.8 Å². The van der Waals surface area contributed by atoms with Gasteiger partial charge in [-0.3, -0.25) is 24.6 Å². The number of hydrogen-bond acceptors (Lipinski definition) is 6. The highest BCUT2D eigenvalue weighted by Crippen LogP contribution is 2.26. The Morgan fingerprint density at radius 2 is 1.81 bits per heavy atom. The number of phenols is 1. The number of piperidine rings is 1. The Morgan fingerprint density at radius 3 is 2.39 bits per heavy atom. The highest BCUT2D eigenvalue weighted by Gasteiger charge is 2.30. The number of likely N-dealkylation sites (N-methyl/N-ethyl adjacent to an activating group) is 1. The topological polar surface area (TPSA) is 87.6 Å². The number of aromatic hydroxyl groups is 1. The molecule has 2 heterocycles. The van der Waals surface area contributed by atoms with Gasteiger partial charge < -0.3 is 10.0 Å². The van der Waals surface area contributed by atoms with Crippen LogP contribution in [-0.2, 0) is 16.0 Å². The van der Waals surface area contributed by atoms with Crippen LogP contribution in [0.15, 0.2) is 22.7 Å². The van der Waals surface area contributed by atoms with E-state index in [0.29, 0.717) is 22.0 Å². The Hall–Kier alpha value is -1.68. The zero-order chi connectivity index (χ0) is 22.5. The van der Waals surface area contributed by atoms with Crippen LogP contribution >= 0.6 is 15.9 Å². The van der Waals surface area contributed by atoms with Crippen molar-refractivity contribution in [2.75, 3.05) is 52.9 Å². The van der Waals surface area contributed by atoms with Gasteiger partial charge in [0.25, 0.3) is 5.91 Å². The van der Waals surface area contributed by atoms with E-state index in [9.17, 15) is 19.9 Å². The number of carbonyl (C=O) groups excluding carboxylic acids is 2. The molecule has 2 amide bonds. The summed E-state index contributed by atoms with van der Waals surface area (Å²) in [5, 5.41) is 19.5. The molecule has 1 atom stereocenters. The van der Waals surface area contributed by atoms with Crippen LogP contribution in [-0.4, -0.2) is 101 Å². The van der Waals surface area contributed by atoms with E-state index < -0.39 is 0 Å². The lowest BCUT2D eigenvalue weighted by Crippen LogP contribution is -2.55. The fourth-order valence-electron chi connectivity index (χ4n) is 4.47. The zero-order valence-electron chi connectivity index (χ0n) is 18.3. The Labute approximate surface area is 192 Å². The van der Waals surface area contributed by atoms with Crippen LogP contribution in [0.4, 0.5) is 0 Å². The van der Waals surface area contributed by atoms with Crippen LogP contribution in [0.25, 0.3) is 0 Å². The molecule has 2 aliphatic rings. The molecule has 31 heavy (non-hydrogen) atoms. The first-order valence-electron chi connectivity index (χ1n) is 10.9. The van der Waals surface area contributed by atoms with Gasteiger partial charge in [-0.25, -0.2) is 5.06 Å². The molecule has 1 aromatic rings. The van der Waals surface area contributed by atoms with Crippen molar-refractivity contribution in [3.05, 3.63) is 28.2 Å². The average Bonchev–Trinajstić information content (AvgIpc) is 2.76. The molecule has 2 aliphatic heterocycles. The van der Waals surface area contributed by atoms with E-state index >= 15 is 0 Å². The van der Waals surface area contributed by atoms with E-state index in [1.54, 1.807) is 6.07 Å². The van der Waals surface area contributed by atoms with Gasteiger partial charge in [0.1, 0.15) is 5.75 Å². The number of piperazine rings is 1. The standard InChI is InChI=1S/C22H33BrN4O4/c1-16(13-17-3-4-20(28)19(23)14-17)22(30)27-11-9-26(10-12-27)18-5-7-25(8-6-18)15-21(29)24(2)31/h3-4,14,16,18,28,31H,5-13,15H2,1-2H3/t16-/m1/s1. The van der Waals surface area contributed by atoms with Crippen molar-refractivity contribution >= 4 is 27.7 Å². The minimum atomic E-state index is -0.278. The number of amides is 2. The van der Waals surface area contributed by atoms with E-state index in [1.165, 1.54) is 7.05 Å². The number of halogens is 1. The lowest BCUT2D eigenvalue weighted by Gasteiger charge is -2.43. The van der Waals surface area contributed by atoms with Gasteiger partial charge in [-0.15, -0.1) is 0 Å². The normalized spacial score (nSPS) is 19.9. The van der Waals surface area contributed by atoms with Crippen LogP contribution in [0.3, 0.4) is 0 Å². The molecule has 0 aromatic heterocycles. The SMILES string of the molecule is C[C@H](Cc1ccc(O)c(Br)c1)C(=O)N1CCN(C2CCN(CC(=O)N(C)O)CC2)CC1. The smallest absolute Gasteiger partial charge is 0.259 e. The van der Waals surface area contributed by atoms with Gasteiger partial charge in [0, 0.05) is 58.3 Å². The first-order chi connectivity index (χ1) is 14.7. The summed E-state index contributed by atoms with van der Waals surface area (Å²) in [5.74, 6) is 0.00935. The summed E-state index contributed by atoms with van der Waals surface area (Å²) >= 11 is 3.33. The molecule has 3 rings (SSSR count). The highest BCUT2D eigenvalue weighted by atomic mass is 79.9. The first-order valence-corrected chi connectivity index (χ1v) is 11.7. The summed E-state index contributed by atoms with van der Waals surface area (Å²) in [4.78, 5) is 31.1. The van der Waals surface area contributed by atoms with E-state index in [1.807, 2.05) is 24.0 Å². The minimum Gasteiger partial charge on any atom is -0.507 e. The maximum absolute atomic E-state index is 12.9. The van der Waals surface area contributed by atoms with Gasteiger partial charge in [-0.2, -0.15) is 0 Å². The fourth-order valence-corrected chi connectivity index (χ4v) is 4.90. The molecule has 172 valence electrons. The monoisotopic (exact) mass is 496 g/mol. The predicted octanol–water partition coefficient (Wildman–Crippen LogP) is 1.79. The third kappa shape index (κ3) is 6.41. The molecule has 0 aliphatic carbocycles. The largest absolute Gasteiger partial charge is 0.507 e. The minimum absolute atomic E-state index is 0.103. The number of hydroxylamine groups is 2. The number of rotatable bonds is 6. The quantitative estimate of drug-likeness (QED) is 0.461. The number of carbonyl (C=O) groups is 2. The molecule has 0 bridgehead atoms. The summed E-state index contributed by atoms with van der Waals surface area (Å²) in [6.45, 7) is 7.18. The summed E-state index contributed by atoms with van der Waals surface area (Å²) in [5.41, 5.74) is 1.03. The van der Waals surface area contributed by atoms with Crippen LogP contribution in [0.2, 0.25) is 0 Å². The second-order valence-corrected chi connectivity index (χ2v) is 9.53. The van der Waals surface area contributed by atoms with Crippen molar-refractivity contribution < 1.29 is 19.9 Å². The summed E-state index contributed by atoms with van der Waals surface area (Å²) in [6, 6.07) is 5.87. The van der Waals surface area contributed by atoms with Gasteiger partial charge in [0.2, 0.25) is 5.91 Å². The third-order valence-corrected chi connectivity index (χ3v) is 7.03. The molecule has 0 unspecified atom stereocenters. The van der Waals surface area contributed by atoms with Gasteiger partial charge >= 0.3 is 0 Å². The molecule has 2 N–H and O–H groups in total. The number of likely N-dealkylation sites (tertiary alicyclic amines) is 1. The average molecular weight is 497 g/mol. The Bertz CT molecular complexity index is 775. The molecule has 2 fully saturated rings. The fraction of sp³-hybridized carbons (Fsp3) is 0.636. The summed E-state index contributed by atoms with van der Waals surface area (Å²) < 4.78 is 0.650. The third-order valence-electron chi connectivity index (χ3n) is 6.39. The molecule has 0 spiro atoms. The molecular formula is C22H33BrN4O4. The van der Waals surface area contributed by atoms with Gasteiger partial charge in [-0.05, 0) is 52.9 Å². The van der Waals surface area contributed by atoms with Crippen molar-refractivity contribution in [3.63, 3.8) is 0 Å². The molecule has 0 saturated carbocycles. The Balaban J connectivity index is 1.42. The number of phenolic OH excluding ortho intramolecular Hbond substituents is 1. The highest BCUT2D eigenvalue weighted by molar-refractivity contribution is 9.10. The molecule has 1 aromatic carbocycles. The van der Waals surface area contributed by atoms with Crippen LogP contribution in [0.1, 0.15) is 25.3 Å². The second-order valence-electron chi connectivity index (χ2n) is 8.68. The summed E-state index contributed by atoms with van der Waals surface area (Å²) in [7, 11) is 1.36. The van der Waals surface area contributed by atoms with Gasteiger partial charge in [-0.1, -0.05) is 13.0 Å². The van der Waals surface area contributed by atoms with Crippen LogP contribution < -0.4 is 0 Å². The van der Waals surface area contributed by atoms with Crippen molar-refractivity contribution in [2.24, 2.45) is 5.92 Å². The lowest BCUT2D eigenvalue weighted by molar-refractivity contribution is -0.160. The molecule has 9 heteroatoms. The predicted molar refractivity (Wildman–Crippen MR) is 121 cm³/mol. The number of benzene rings is 1. The Morgan fingerprint density at radius 1 is 1.16 bits per heavy atom. The second kappa shape index (κ2) is 10.8. The first kappa shape index (κ1) is 24.0. The van der Waals surface area contributed by atoms with Crippen LogP contribution in [0.5, 0.6) is 5.75 Å². The summed E-state index contributed by atoms with van der Waals surface area (Å²) in [6.07, 6.45) is 2.66. The lowest BCUT2D eigenvalue weighted by atomic mass is 9.98. The van der Waals surface area contributed by atoms with E-state index in [0.717, 1.165) is 57.7 Å². The van der Waals surface area contributed by atoms with Gasteiger partial charge in [0.15, 0.2) is 0 Å². The van der Waals surface area contributed by atoms with Crippen molar-refractivity contribution in [3.8, 4) is 5.75 Å². The molecular weight excluding hydrogens is 464 g/mol. The maximum Gasteiger partial charge on any atom is 0.259 e. The Kier molecular flexibility index (Phi) is 8.32. The van der Waals surface area contributed by atoms with E-state index in [-0.39, 0.29) is 30.0 Å². The van der Waals surface area contributed by atoms with E-state index in [2.05, 4.69) is 25.7 Å². The zero-order valence-corrected chi connectivity index (χ0v) is 19.9. The van der Waals surface area contributed by atoms with Crippen molar-refractivity contribution in [1.29, 1.82) is 0 Å². The number of nitrogens with zero attached hydrogens (tertiary/aromatic N) is 4. The van der Waals surface area contributed by atoms with E-state index in [4.69, 9.17) is 0 Å². The van der Waals surface area contributed by atoms with Crippen LogP contribution in [0, 0.1) is 5.92 Å². The maximum atomic E-state index is 12.9. The molecule has 0 radical (unpaired) electrons. The van der Waals surface area contributed by atoms with Crippen molar-refractivity contribution in [2.45, 2.75) is 32.2 Å². The number of hydrogen-bond donors (Lipinski definition) is 2.